The molecule has 160 valence electrons. The van der Waals surface area contributed by atoms with E-state index in [9.17, 15) is 26.4 Å². The second-order valence-corrected chi connectivity index (χ2v) is 8.41. The Morgan fingerprint density at radius 1 is 1.30 bits per heavy atom. The largest absolute Gasteiger partial charge is 0.478 e. The fourth-order valence-corrected chi connectivity index (χ4v) is 3.89. The summed E-state index contributed by atoms with van der Waals surface area (Å²) in [6.07, 6.45) is 2.44. The molecule has 1 heterocycles. The third-order valence-corrected chi connectivity index (χ3v) is 5.86. The van der Waals surface area contributed by atoms with Gasteiger partial charge in [-0.1, -0.05) is 30.4 Å². The highest BCUT2D eigenvalue weighted by Gasteiger charge is 2.48. The van der Waals surface area contributed by atoms with Crippen LogP contribution in [0.5, 0.6) is 5.75 Å². The van der Waals surface area contributed by atoms with E-state index < -0.39 is 33.8 Å². The number of carboxylic acids is 1. The first-order valence-electron chi connectivity index (χ1n) is 8.85. The van der Waals surface area contributed by atoms with Crippen LogP contribution in [0.4, 0.5) is 13.2 Å². The van der Waals surface area contributed by atoms with Crippen molar-refractivity contribution >= 4 is 22.1 Å². The summed E-state index contributed by atoms with van der Waals surface area (Å²) in [6, 6.07) is 3.27. The van der Waals surface area contributed by atoms with Gasteiger partial charge in [0.15, 0.2) is 0 Å². The summed E-state index contributed by atoms with van der Waals surface area (Å²) in [7, 11) is -4.00. The van der Waals surface area contributed by atoms with E-state index in [1.807, 2.05) is 19.1 Å². The van der Waals surface area contributed by atoms with Gasteiger partial charge in [-0.05, 0) is 36.8 Å². The van der Waals surface area contributed by atoms with E-state index in [1.165, 1.54) is 0 Å². The molecule has 0 radical (unpaired) electrons. The molecule has 30 heavy (non-hydrogen) atoms. The molecule has 0 amide bonds. The van der Waals surface area contributed by atoms with E-state index in [-0.39, 0.29) is 28.7 Å². The highest BCUT2D eigenvalue weighted by molar-refractivity contribution is 7.89. The summed E-state index contributed by atoms with van der Waals surface area (Å²) in [5, 5.41) is 9.10. The predicted octanol–water partition coefficient (Wildman–Crippen LogP) is 3.44. The van der Waals surface area contributed by atoms with Crippen molar-refractivity contribution in [3.05, 3.63) is 65.3 Å². The van der Waals surface area contributed by atoms with Crippen LogP contribution < -0.4 is 9.46 Å². The zero-order valence-corrected chi connectivity index (χ0v) is 16.5. The van der Waals surface area contributed by atoms with E-state index in [1.54, 1.807) is 18.2 Å². The number of hydrogen-bond donors (Lipinski definition) is 2. The van der Waals surface area contributed by atoms with E-state index >= 15 is 0 Å². The number of alkyl halides is 3. The Morgan fingerprint density at radius 2 is 2.00 bits per heavy atom. The Kier molecular flexibility index (Phi) is 5.91. The molecule has 1 atom stereocenters. The molecule has 1 unspecified atom stereocenters. The molecule has 2 N–H and O–H groups in total. The zero-order valence-electron chi connectivity index (χ0n) is 15.7. The van der Waals surface area contributed by atoms with Crippen LogP contribution in [0.3, 0.4) is 0 Å². The standard InChI is InChI=1S/C20H18F3NO5S/c1-2-3-4-13(12-5-6-12)11-24-30(27,28)15-7-8-17-14(9-15)10-16(19(25)26)18(29-17)20(21,22)23/h2-10,12,18,24H,11H2,1H3,(H,25,26)/b3-2-,13-4-. The smallest absolute Gasteiger partial charge is 0.430 e. The van der Waals surface area contributed by atoms with E-state index in [0.29, 0.717) is 0 Å². The molecule has 0 saturated carbocycles. The molecule has 1 aliphatic carbocycles. The van der Waals surface area contributed by atoms with Crippen molar-refractivity contribution in [2.24, 2.45) is 5.92 Å². The second kappa shape index (κ2) is 8.11. The van der Waals surface area contributed by atoms with Gasteiger partial charge >= 0.3 is 12.1 Å². The van der Waals surface area contributed by atoms with Crippen LogP contribution in [0.15, 0.2) is 64.6 Å². The molecular weight excluding hydrogens is 423 g/mol. The fraction of sp³-hybridized carbons (Fsp3) is 0.250. The lowest BCUT2D eigenvalue weighted by Gasteiger charge is -2.27. The number of ether oxygens (including phenoxy) is 1. The van der Waals surface area contributed by atoms with Crippen LogP contribution in [0, 0.1) is 5.92 Å². The van der Waals surface area contributed by atoms with Gasteiger partial charge in [0.05, 0.1) is 10.5 Å². The Hall–Kier alpha value is -2.85. The topological polar surface area (TPSA) is 92.7 Å². The molecule has 0 bridgehead atoms. The highest BCUT2D eigenvalue weighted by Crippen LogP contribution is 2.38. The predicted molar refractivity (Wildman–Crippen MR) is 103 cm³/mol. The molecule has 0 fully saturated rings. The molecule has 2 aliphatic rings. The lowest BCUT2D eigenvalue weighted by Crippen LogP contribution is -2.40. The average Bonchev–Trinajstić information content (AvgIpc) is 3.51. The van der Waals surface area contributed by atoms with Crippen molar-refractivity contribution in [3.8, 4) is 5.75 Å². The number of sulfonamides is 1. The quantitative estimate of drug-likeness (QED) is 0.500. The summed E-state index contributed by atoms with van der Waals surface area (Å²) in [4.78, 5) is 11.0. The lowest BCUT2D eigenvalue weighted by molar-refractivity contribution is -0.187. The molecule has 1 aromatic carbocycles. The van der Waals surface area contributed by atoms with E-state index in [0.717, 1.165) is 29.8 Å². The first-order valence-corrected chi connectivity index (χ1v) is 10.3. The van der Waals surface area contributed by atoms with Crippen molar-refractivity contribution in [2.75, 3.05) is 6.54 Å². The van der Waals surface area contributed by atoms with Crippen LogP contribution in [-0.4, -0.2) is 38.3 Å². The maximum absolute atomic E-state index is 13.1. The molecule has 1 aliphatic heterocycles. The molecular formula is C20H18F3NO5S. The van der Waals surface area contributed by atoms with Gasteiger partial charge < -0.3 is 9.84 Å². The number of carboxylic acid groups (broad SMARTS) is 1. The summed E-state index contributed by atoms with van der Waals surface area (Å²) in [5.41, 5.74) is -0.253. The van der Waals surface area contributed by atoms with Crippen molar-refractivity contribution in [2.45, 2.75) is 24.1 Å². The van der Waals surface area contributed by atoms with E-state index in [2.05, 4.69) is 4.72 Å². The Bertz CT molecular complexity index is 1080. The van der Waals surface area contributed by atoms with Gasteiger partial charge in [0, 0.05) is 18.0 Å². The minimum atomic E-state index is -4.93. The minimum absolute atomic E-state index is 0.0459. The molecule has 3 rings (SSSR count). The van der Waals surface area contributed by atoms with Gasteiger partial charge in [0.25, 0.3) is 0 Å². The maximum Gasteiger partial charge on any atom is 0.430 e. The van der Waals surface area contributed by atoms with Crippen molar-refractivity contribution in [1.82, 2.24) is 4.72 Å². The number of benzene rings is 1. The summed E-state index contributed by atoms with van der Waals surface area (Å²) in [6.45, 7) is 1.88. The van der Waals surface area contributed by atoms with Gasteiger partial charge in [-0.2, -0.15) is 13.2 Å². The lowest BCUT2D eigenvalue weighted by atomic mass is 10.0. The second-order valence-electron chi connectivity index (χ2n) is 6.65. The van der Waals surface area contributed by atoms with Crippen molar-refractivity contribution in [3.63, 3.8) is 0 Å². The number of allylic oxidation sites excluding steroid dienone is 5. The molecule has 0 saturated heterocycles. The zero-order chi connectivity index (χ0) is 22.1. The third-order valence-electron chi connectivity index (χ3n) is 4.46. The molecule has 0 aromatic heterocycles. The number of hydrogen-bond acceptors (Lipinski definition) is 4. The summed E-state index contributed by atoms with van der Waals surface area (Å²) < 4.78 is 71.8. The normalized spacial score (nSPS) is 19.4. The molecule has 0 spiro atoms. The first-order chi connectivity index (χ1) is 14.0. The number of rotatable bonds is 7. The van der Waals surface area contributed by atoms with Gasteiger partial charge in [-0.25, -0.2) is 17.9 Å². The van der Waals surface area contributed by atoms with Crippen LogP contribution >= 0.6 is 0 Å². The SMILES string of the molecule is C/C=C\C=C(\CNS(=O)(=O)c1ccc2c(c1)C=C(C(=O)O)C(C(F)(F)F)O2)C1C=C1. The molecule has 10 heteroatoms. The summed E-state index contributed by atoms with van der Waals surface area (Å²) in [5.74, 6) is -1.97. The van der Waals surface area contributed by atoms with Crippen LogP contribution in [0.2, 0.25) is 0 Å². The minimum Gasteiger partial charge on any atom is -0.478 e. The van der Waals surface area contributed by atoms with Gasteiger partial charge in [-0.3, -0.25) is 0 Å². The van der Waals surface area contributed by atoms with Crippen molar-refractivity contribution in [1.29, 1.82) is 0 Å². The average molecular weight is 441 g/mol. The molecule has 1 aromatic rings. The van der Waals surface area contributed by atoms with E-state index in [4.69, 9.17) is 9.84 Å². The monoisotopic (exact) mass is 441 g/mol. The number of fused-ring (bicyclic) bond motifs is 1. The number of nitrogens with one attached hydrogen (secondary N) is 1. The number of carbonyl (C=O) groups is 1. The van der Waals surface area contributed by atoms with Gasteiger partial charge in [-0.15, -0.1) is 0 Å². The number of aliphatic carboxylic acids is 1. The number of halogens is 3. The molecule has 6 nitrogen and oxygen atoms in total. The van der Waals surface area contributed by atoms with Gasteiger partial charge in [0.2, 0.25) is 16.1 Å². The summed E-state index contributed by atoms with van der Waals surface area (Å²) >= 11 is 0. The fourth-order valence-electron chi connectivity index (χ4n) is 2.84. The first kappa shape index (κ1) is 21.8. The highest BCUT2D eigenvalue weighted by atomic mass is 32.2. The van der Waals surface area contributed by atoms with Crippen LogP contribution in [0.1, 0.15) is 12.5 Å². The Morgan fingerprint density at radius 3 is 2.57 bits per heavy atom. The maximum atomic E-state index is 13.1. The van der Waals surface area contributed by atoms with Crippen LogP contribution in [0.25, 0.3) is 6.08 Å². The van der Waals surface area contributed by atoms with Crippen molar-refractivity contribution < 1.29 is 36.2 Å². The van der Waals surface area contributed by atoms with Gasteiger partial charge in [0.1, 0.15) is 5.75 Å². The van der Waals surface area contributed by atoms with Crippen LogP contribution in [-0.2, 0) is 14.8 Å². The third kappa shape index (κ3) is 4.82. The Labute approximate surface area is 171 Å². The Balaban J connectivity index is 1.86.